The van der Waals surface area contributed by atoms with Crippen molar-refractivity contribution in [2.45, 2.75) is 13.5 Å². The smallest absolute Gasteiger partial charge is 0.259 e. The first-order chi connectivity index (χ1) is 15.2. The molecule has 1 amide bonds. The third-order valence-corrected chi connectivity index (χ3v) is 6.00. The minimum absolute atomic E-state index is 0.261. The molecule has 0 saturated carbocycles. The van der Waals surface area contributed by atoms with Gasteiger partial charge in [-0.05, 0) is 13.0 Å². The molecule has 0 unspecified atom stereocenters. The van der Waals surface area contributed by atoms with Gasteiger partial charge in [0.15, 0.2) is 5.13 Å². The fourth-order valence-electron chi connectivity index (χ4n) is 3.62. The van der Waals surface area contributed by atoms with Crippen molar-refractivity contribution in [1.29, 1.82) is 0 Å². The Balaban J connectivity index is 1.41. The molecule has 9 heteroatoms. The maximum absolute atomic E-state index is 13.2. The number of carbonyl (C=O) groups excluding carboxylic acids is 1. The molecule has 1 N–H and O–H groups in total. The van der Waals surface area contributed by atoms with Gasteiger partial charge in [0.25, 0.3) is 11.6 Å². The largest absolute Gasteiger partial charge is 0.379 e. The minimum atomic E-state index is -0.261. The molecule has 158 valence electrons. The number of morpholine rings is 1. The van der Waals surface area contributed by atoms with Gasteiger partial charge in [0.2, 0.25) is 0 Å². The summed E-state index contributed by atoms with van der Waals surface area (Å²) in [5.41, 5.74) is 3.92. The van der Waals surface area contributed by atoms with Crippen molar-refractivity contribution in [2.75, 3.05) is 31.6 Å². The van der Waals surface area contributed by atoms with Crippen molar-refractivity contribution >= 4 is 33.5 Å². The molecule has 1 fully saturated rings. The summed E-state index contributed by atoms with van der Waals surface area (Å²) in [5.74, 6) is -0.261. The molecule has 0 spiro atoms. The van der Waals surface area contributed by atoms with Crippen molar-refractivity contribution in [3.05, 3.63) is 58.7 Å². The molecule has 1 aliphatic heterocycles. The van der Waals surface area contributed by atoms with Gasteiger partial charge in [0.05, 0.1) is 41.2 Å². The van der Waals surface area contributed by atoms with Crippen LogP contribution in [0.5, 0.6) is 0 Å². The molecule has 1 aromatic carbocycles. The van der Waals surface area contributed by atoms with E-state index in [9.17, 15) is 4.79 Å². The lowest BCUT2D eigenvalue weighted by Crippen LogP contribution is -2.35. The van der Waals surface area contributed by atoms with Gasteiger partial charge in [-0.2, -0.15) is 0 Å². The quantitative estimate of drug-likeness (QED) is 0.510. The van der Waals surface area contributed by atoms with Crippen LogP contribution in [0.4, 0.5) is 5.13 Å². The lowest BCUT2D eigenvalue weighted by Gasteiger charge is -2.25. The number of hydrogen-bond donors (Lipinski definition) is 1. The minimum Gasteiger partial charge on any atom is -0.379 e. The highest BCUT2D eigenvalue weighted by atomic mass is 32.1. The van der Waals surface area contributed by atoms with Gasteiger partial charge < -0.3 is 9.26 Å². The number of ether oxygens (including phenoxy) is 1. The van der Waals surface area contributed by atoms with Crippen molar-refractivity contribution in [2.24, 2.45) is 0 Å². The zero-order chi connectivity index (χ0) is 21.2. The Labute approximate surface area is 182 Å². The average Bonchev–Trinajstić information content (AvgIpc) is 3.40. The Hall–Kier alpha value is -3.14. The number of thiazole rings is 1. The first-order valence-electron chi connectivity index (χ1n) is 10.1. The summed E-state index contributed by atoms with van der Waals surface area (Å²) in [7, 11) is 0. The van der Waals surface area contributed by atoms with Crippen LogP contribution in [0.3, 0.4) is 0 Å². The molecule has 31 heavy (non-hydrogen) atoms. The molecule has 1 saturated heterocycles. The Bertz CT molecular complexity index is 1210. The van der Waals surface area contributed by atoms with Crippen molar-refractivity contribution in [3.63, 3.8) is 0 Å². The van der Waals surface area contributed by atoms with E-state index in [1.807, 2.05) is 35.7 Å². The molecular weight excluding hydrogens is 414 g/mol. The maximum atomic E-state index is 13.2. The third kappa shape index (κ3) is 4.20. The summed E-state index contributed by atoms with van der Waals surface area (Å²) >= 11 is 1.42. The van der Waals surface area contributed by atoms with Crippen LogP contribution in [0, 0.1) is 6.92 Å². The molecule has 0 atom stereocenters. The van der Waals surface area contributed by atoms with Crippen LogP contribution in [0.25, 0.3) is 22.4 Å². The first kappa shape index (κ1) is 19.8. The number of hydrogen-bond acceptors (Lipinski definition) is 8. The van der Waals surface area contributed by atoms with Crippen molar-refractivity contribution < 1.29 is 14.1 Å². The van der Waals surface area contributed by atoms with Crippen LogP contribution in [0.2, 0.25) is 0 Å². The highest BCUT2D eigenvalue weighted by Gasteiger charge is 2.20. The Morgan fingerprint density at radius 2 is 2.00 bits per heavy atom. The second kappa shape index (κ2) is 8.54. The van der Waals surface area contributed by atoms with Gasteiger partial charge in [0.1, 0.15) is 0 Å². The SMILES string of the molecule is Cc1noc2nc(-c3ccccc3)cc(C(=O)Nc3nc(CN4CCOCC4)cs3)c12. The molecule has 3 aromatic heterocycles. The van der Waals surface area contributed by atoms with Crippen LogP contribution >= 0.6 is 11.3 Å². The Morgan fingerprint density at radius 3 is 2.81 bits per heavy atom. The molecule has 5 rings (SSSR count). The zero-order valence-electron chi connectivity index (χ0n) is 17.0. The summed E-state index contributed by atoms with van der Waals surface area (Å²) in [6, 6.07) is 11.5. The molecule has 4 heterocycles. The van der Waals surface area contributed by atoms with E-state index >= 15 is 0 Å². The molecule has 8 nitrogen and oxygen atoms in total. The molecule has 1 aliphatic rings. The number of aromatic nitrogens is 3. The predicted molar refractivity (Wildman–Crippen MR) is 118 cm³/mol. The second-order valence-electron chi connectivity index (χ2n) is 7.36. The van der Waals surface area contributed by atoms with Crippen molar-refractivity contribution in [1.82, 2.24) is 20.0 Å². The third-order valence-electron chi connectivity index (χ3n) is 5.19. The lowest BCUT2D eigenvalue weighted by atomic mass is 10.1. The number of carbonyl (C=O) groups is 1. The van der Waals surface area contributed by atoms with Gasteiger partial charge in [-0.15, -0.1) is 11.3 Å². The molecule has 0 radical (unpaired) electrons. The van der Waals surface area contributed by atoms with Gasteiger partial charge in [0, 0.05) is 30.6 Å². The Morgan fingerprint density at radius 1 is 1.19 bits per heavy atom. The van der Waals surface area contributed by atoms with E-state index in [1.165, 1.54) is 11.3 Å². The van der Waals surface area contributed by atoms with Gasteiger partial charge >= 0.3 is 0 Å². The fourth-order valence-corrected chi connectivity index (χ4v) is 4.32. The number of aryl methyl sites for hydroxylation is 1. The van der Waals surface area contributed by atoms with E-state index in [0.29, 0.717) is 33.2 Å². The van der Waals surface area contributed by atoms with E-state index in [4.69, 9.17) is 9.26 Å². The van der Waals surface area contributed by atoms with Crippen LogP contribution in [-0.4, -0.2) is 52.2 Å². The standard InChI is InChI=1S/C22H21N5O3S/c1-14-19-17(11-18(24-21(19)30-26-14)15-5-3-2-4-6-15)20(28)25-22-23-16(13-31-22)12-27-7-9-29-10-8-27/h2-6,11,13H,7-10,12H2,1H3,(H,23,25,28). The highest BCUT2D eigenvalue weighted by molar-refractivity contribution is 7.14. The predicted octanol–water partition coefficient (Wildman–Crippen LogP) is 3.74. The summed E-state index contributed by atoms with van der Waals surface area (Å²) in [5, 5.41) is 10.1. The molecule has 4 aromatic rings. The molecular formula is C22H21N5O3S. The number of nitrogens with one attached hydrogen (secondary N) is 1. The summed E-state index contributed by atoms with van der Waals surface area (Å²) < 4.78 is 10.8. The average molecular weight is 436 g/mol. The molecule has 0 bridgehead atoms. The number of benzene rings is 1. The van der Waals surface area contributed by atoms with Gasteiger partial charge in [-0.25, -0.2) is 9.97 Å². The maximum Gasteiger partial charge on any atom is 0.259 e. The monoisotopic (exact) mass is 435 g/mol. The fraction of sp³-hybridized carbons (Fsp3) is 0.273. The number of nitrogens with zero attached hydrogens (tertiary/aromatic N) is 4. The number of fused-ring (bicyclic) bond motifs is 1. The highest BCUT2D eigenvalue weighted by Crippen LogP contribution is 2.28. The normalized spacial score (nSPS) is 14.7. The van der Waals surface area contributed by atoms with Crippen molar-refractivity contribution in [3.8, 4) is 11.3 Å². The van der Waals surface area contributed by atoms with E-state index in [0.717, 1.165) is 44.1 Å². The number of pyridine rings is 1. The van der Waals surface area contributed by atoms with Crippen LogP contribution in [0.1, 0.15) is 21.7 Å². The van der Waals surface area contributed by atoms with Crippen LogP contribution < -0.4 is 5.32 Å². The molecule has 0 aliphatic carbocycles. The van der Waals surface area contributed by atoms with Crippen LogP contribution in [-0.2, 0) is 11.3 Å². The first-order valence-corrected chi connectivity index (χ1v) is 10.9. The Kier molecular flexibility index (Phi) is 5.46. The topological polar surface area (TPSA) is 93.4 Å². The number of amides is 1. The summed E-state index contributed by atoms with van der Waals surface area (Å²) in [4.78, 5) is 24.6. The van der Waals surface area contributed by atoms with E-state index in [1.54, 1.807) is 13.0 Å². The summed E-state index contributed by atoms with van der Waals surface area (Å²) in [6.07, 6.45) is 0. The van der Waals surface area contributed by atoms with E-state index < -0.39 is 0 Å². The number of anilines is 1. The van der Waals surface area contributed by atoms with E-state index in [2.05, 4.69) is 25.3 Å². The van der Waals surface area contributed by atoms with Gasteiger partial charge in [-0.3, -0.25) is 15.0 Å². The zero-order valence-corrected chi connectivity index (χ0v) is 17.8. The lowest BCUT2D eigenvalue weighted by molar-refractivity contribution is 0.0337. The second-order valence-corrected chi connectivity index (χ2v) is 8.21. The van der Waals surface area contributed by atoms with Crippen LogP contribution in [0.15, 0.2) is 46.3 Å². The number of rotatable bonds is 5. The van der Waals surface area contributed by atoms with E-state index in [-0.39, 0.29) is 5.91 Å². The summed E-state index contributed by atoms with van der Waals surface area (Å²) in [6.45, 7) is 5.82. The van der Waals surface area contributed by atoms with Gasteiger partial charge in [-0.1, -0.05) is 35.5 Å².